The molecule has 0 radical (unpaired) electrons. The van der Waals surface area contributed by atoms with Crippen LogP contribution in [0.2, 0.25) is 0 Å². The summed E-state index contributed by atoms with van der Waals surface area (Å²) in [6.07, 6.45) is 8.57. The van der Waals surface area contributed by atoms with Gasteiger partial charge in [-0.3, -0.25) is 4.98 Å². The highest BCUT2D eigenvalue weighted by Gasteiger charge is 2.22. The molecule has 0 spiro atoms. The van der Waals surface area contributed by atoms with Gasteiger partial charge in [0.05, 0.1) is 11.7 Å². The Kier molecular flexibility index (Phi) is 5.11. The number of hydrogen-bond donors (Lipinski definition) is 2. The maximum absolute atomic E-state index is 4.87. The van der Waals surface area contributed by atoms with E-state index >= 15 is 0 Å². The number of rotatable bonds is 6. The number of aromatic nitrogens is 5. The molecule has 27 heavy (non-hydrogen) atoms. The summed E-state index contributed by atoms with van der Waals surface area (Å²) in [5.74, 6) is 2.59. The van der Waals surface area contributed by atoms with E-state index in [0.717, 1.165) is 55.4 Å². The molecular weight excluding hydrogens is 338 g/mol. The van der Waals surface area contributed by atoms with Crippen molar-refractivity contribution in [2.75, 3.05) is 11.9 Å². The maximum atomic E-state index is 4.87. The first kappa shape index (κ1) is 17.6. The van der Waals surface area contributed by atoms with Gasteiger partial charge in [0.25, 0.3) is 0 Å². The minimum atomic E-state index is 0.112. The summed E-state index contributed by atoms with van der Waals surface area (Å²) in [7, 11) is 2.03. The zero-order valence-corrected chi connectivity index (χ0v) is 15.8. The van der Waals surface area contributed by atoms with Gasteiger partial charge in [-0.15, -0.1) is 0 Å². The van der Waals surface area contributed by atoms with Crippen LogP contribution in [0.25, 0.3) is 11.5 Å². The summed E-state index contributed by atoms with van der Waals surface area (Å²) in [6.45, 7) is 3.89. The minimum absolute atomic E-state index is 0.112. The molecule has 7 nitrogen and oxygen atoms in total. The molecule has 0 saturated heterocycles. The van der Waals surface area contributed by atoms with Gasteiger partial charge < -0.3 is 15.2 Å². The average Bonchev–Trinajstić information content (AvgIpc) is 3.14. The van der Waals surface area contributed by atoms with Gasteiger partial charge in [0, 0.05) is 37.7 Å². The van der Waals surface area contributed by atoms with Crippen LogP contribution in [0.4, 0.5) is 5.82 Å². The predicted octanol–water partition coefficient (Wildman–Crippen LogP) is 2.87. The highest BCUT2D eigenvalue weighted by atomic mass is 15.1. The Balaban J connectivity index is 1.75. The lowest BCUT2D eigenvalue weighted by Gasteiger charge is -2.24. The molecule has 2 N–H and O–H groups in total. The molecule has 7 heteroatoms. The third kappa shape index (κ3) is 3.68. The van der Waals surface area contributed by atoms with Crippen molar-refractivity contribution in [2.45, 2.75) is 38.8 Å². The highest BCUT2D eigenvalue weighted by molar-refractivity contribution is 5.57. The first-order valence-corrected chi connectivity index (χ1v) is 9.52. The van der Waals surface area contributed by atoms with E-state index in [1.54, 1.807) is 6.20 Å². The Morgan fingerprint density at radius 3 is 2.89 bits per heavy atom. The molecule has 1 aliphatic rings. The quantitative estimate of drug-likeness (QED) is 0.701. The Labute approximate surface area is 159 Å². The van der Waals surface area contributed by atoms with Crippen molar-refractivity contribution in [3.05, 3.63) is 53.9 Å². The second kappa shape index (κ2) is 7.84. The fourth-order valence-corrected chi connectivity index (χ4v) is 3.52. The number of hydrogen-bond acceptors (Lipinski definition) is 6. The van der Waals surface area contributed by atoms with Crippen molar-refractivity contribution in [1.82, 2.24) is 29.8 Å². The number of anilines is 1. The number of aryl methyl sites for hydroxylation is 1. The number of nitrogens with zero attached hydrogens (tertiary/aromatic N) is 5. The van der Waals surface area contributed by atoms with Crippen molar-refractivity contribution in [3.63, 3.8) is 0 Å². The molecule has 0 amide bonds. The van der Waals surface area contributed by atoms with Gasteiger partial charge in [-0.25, -0.2) is 15.0 Å². The van der Waals surface area contributed by atoms with Crippen molar-refractivity contribution in [3.8, 4) is 11.5 Å². The fourth-order valence-electron chi connectivity index (χ4n) is 3.52. The monoisotopic (exact) mass is 363 g/mol. The molecule has 0 bridgehead atoms. The molecule has 0 aromatic carbocycles. The topological polar surface area (TPSA) is 80.6 Å². The van der Waals surface area contributed by atoms with Crippen LogP contribution in [0.1, 0.15) is 42.9 Å². The molecule has 3 aromatic heterocycles. The van der Waals surface area contributed by atoms with E-state index in [9.17, 15) is 0 Å². The van der Waals surface area contributed by atoms with E-state index < -0.39 is 0 Å². The largest absolute Gasteiger partial charge is 0.360 e. The smallest absolute Gasteiger partial charge is 0.180 e. The Bertz CT molecular complexity index is 904. The number of nitrogens with one attached hydrogen (secondary N) is 2. The Morgan fingerprint density at radius 2 is 2.15 bits per heavy atom. The normalized spacial score (nSPS) is 14.6. The van der Waals surface area contributed by atoms with Crippen LogP contribution in [-0.4, -0.2) is 31.0 Å². The lowest BCUT2D eigenvalue weighted by atomic mass is 10.1. The zero-order valence-electron chi connectivity index (χ0n) is 15.8. The van der Waals surface area contributed by atoms with E-state index in [4.69, 9.17) is 9.97 Å². The van der Waals surface area contributed by atoms with Crippen LogP contribution >= 0.6 is 0 Å². The summed E-state index contributed by atoms with van der Waals surface area (Å²) >= 11 is 0. The van der Waals surface area contributed by atoms with Gasteiger partial charge in [0.1, 0.15) is 17.3 Å². The molecule has 4 rings (SSSR count). The van der Waals surface area contributed by atoms with Crippen LogP contribution < -0.4 is 10.6 Å². The second-order valence-electron chi connectivity index (χ2n) is 6.84. The number of imidazole rings is 1. The first-order chi connectivity index (χ1) is 13.3. The molecule has 4 heterocycles. The molecular formula is C20H25N7. The van der Waals surface area contributed by atoms with Gasteiger partial charge in [-0.05, 0) is 31.5 Å². The van der Waals surface area contributed by atoms with Crippen LogP contribution in [0.15, 0.2) is 36.8 Å². The van der Waals surface area contributed by atoms with Crippen molar-refractivity contribution in [1.29, 1.82) is 0 Å². The molecule has 140 valence electrons. The minimum Gasteiger partial charge on any atom is -0.360 e. The lowest BCUT2D eigenvalue weighted by Crippen LogP contribution is -2.27. The molecule has 0 aliphatic carbocycles. The van der Waals surface area contributed by atoms with Gasteiger partial charge in [0.2, 0.25) is 0 Å². The van der Waals surface area contributed by atoms with Crippen LogP contribution in [0.5, 0.6) is 0 Å². The van der Waals surface area contributed by atoms with Crippen molar-refractivity contribution < 1.29 is 0 Å². The van der Waals surface area contributed by atoms with Gasteiger partial charge in [-0.1, -0.05) is 19.4 Å². The van der Waals surface area contributed by atoms with E-state index in [-0.39, 0.29) is 6.04 Å². The van der Waals surface area contributed by atoms with Crippen molar-refractivity contribution in [2.24, 2.45) is 7.05 Å². The molecule has 0 unspecified atom stereocenters. The van der Waals surface area contributed by atoms with E-state index in [0.29, 0.717) is 5.82 Å². The molecule has 3 aromatic rings. The van der Waals surface area contributed by atoms with E-state index in [2.05, 4.69) is 32.1 Å². The first-order valence-electron chi connectivity index (χ1n) is 9.52. The maximum Gasteiger partial charge on any atom is 0.180 e. The van der Waals surface area contributed by atoms with E-state index in [1.807, 2.05) is 37.6 Å². The lowest BCUT2D eigenvalue weighted by molar-refractivity contribution is 0.599. The average molecular weight is 363 g/mol. The standard InChI is InChI=1S/C20H25N7/c1-3-6-16(20-23-11-12-27(20)2)24-18-14-8-10-21-13-17(14)25-19(26-18)15-7-4-5-9-22-15/h4-5,7,9,11-12,16,21H,3,6,8,10,13H2,1-2H3,(H,24,25,26)/t16-/m1/s1. The molecule has 0 saturated carbocycles. The van der Waals surface area contributed by atoms with Gasteiger partial charge in [0.15, 0.2) is 5.82 Å². The van der Waals surface area contributed by atoms with Gasteiger partial charge >= 0.3 is 0 Å². The zero-order chi connectivity index (χ0) is 18.6. The third-order valence-corrected chi connectivity index (χ3v) is 4.89. The number of pyridine rings is 1. The summed E-state index contributed by atoms with van der Waals surface area (Å²) < 4.78 is 2.07. The molecule has 0 fully saturated rings. The Morgan fingerprint density at radius 1 is 1.22 bits per heavy atom. The number of fused-ring (bicyclic) bond motifs is 1. The van der Waals surface area contributed by atoms with E-state index in [1.165, 1.54) is 5.56 Å². The third-order valence-electron chi connectivity index (χ3n) is 4.89. The fraction of sp³-hybridized carbons (Fsp3) is 0.400. The highest BCUT2D eigenvalue weighted by Crippen LogP contribution is 2.28. The summed E-state index contributed by atoms with van der Waals surface area (Å²) in [4.78, 5) is 18.6. The summed E-state index contributed by atoms with van der Waals surface area (Å²) in [5, 5.41) is 7.08. The van der Waals surface area contributed by atoms with Crippen LogP contribution in [0, 0.1) is 0 Å². The molecule has 1 atom stereocenters. The Hall–Kier alpha value is -2.80. The molecule has 1 aliphatic heterocycles. The van der Waals surface area contributed by atoms with Crippen LogP contribution in [-0.2, 0) is 20.0 Å². The summed E-state index contributed by atoms with van der Waals surface area (Å²) in [5.41, 5.74) is 3.04. The SMILES string of the molecule is CCC[C@@H](Nc1nc(-c2ccccn2)nc2c1CCNC2)c1nccn1C. The predicted molar refractivity (Wildman–Crippen MR) is 105 cm³/mol. The van der Waals surface area contributed by atoms with Gasteiger partial charge in [-0.2, -0.15) is 0 Å². The van der Waals surface area contributed by atoms with Crippen LogP contribution in [0.3, 0.4) is 0 Å². The second-order valence-corrected chi connectivity index (χ2v) is 6.84. The van der Waals surface area contributed by atoms with Crippen molar-refractivity contribution >= 4 is 5.82 Å². The summed E-state index contributed by atoms with van der Waals surface area (Å²) in [6, 6.07) is 5.93.